The standard InChI is InChI=1S/C19H15Cl3N2O4/c20-12-7-14(22)15(8-13(12)21)23-19(26)10-5-18(25)24(9-10)11-1-2-16-17(6-11)28-4-3-27-16/h1-2,6-8,10H,3-5,9H2,(H,23,26). The fourth-order valence-electron chi connectivity index (χ4n) is 3.19. The van der Waals surface area contributed by atoms with Crippen molar-refractivity contribution in [2.45, 2.75) is 6.42 Å². The van der Waals surface area contributed by atoms with Crippen molar-refractivity contribution in [1.82, 2.24) is 0 Å². The number of nitrogens with one attached hydrogen (secondary N) is 1. The van der Waals surface area contributed by atoms with Crippen LogP contribution in [0, 0.1) is 5.92 Å². The van der Waals surface area contributed by atoms with E-state index in [4.69, 9.17) is 44.3 Å². The molecule has 1 saturated heterocycles. The summed E-state index contributed by atoms with van der Waals surface area (Å²) in [5.41, 5.74) is 1.02. The molecule has 0 aromatic heterocycles. The summed E-state index contributed by atoms with van der Waals surface area (Å²) in [4.78, 5) is 26.7. The molecule has 2 aliphatic heterocycles. The highest BCUT2D eigenvalue weighted by Crippen LogP contribution is 2.37. The number of amides is 2. The van der Waals surface area contributed by atoms with Crippen LogP contribution in [0.3, 0.4) is 0 Å². The maximum absolute atomic E-state index is 12.6. The third-order valence-corrected chi connectivity index (χ3v) is 5.64. The van der Waals surface area contributed by atoms with Gasteiger partial charge in [0.2, 0.25) is 11.8 Å². The third kappa shape index (κ3) is 3.72. The lowest BCUT2D eigenvalue weighted by atomic mass is 10.1. The van der Waals surface area contributed by atoms with Crippen molar-refractivity contribution in [2.75, 3.05) is 30.0 Å². The summed E-state index contributed by atoms with van der Waals surface area (Å²) in [7, 11) is 0. The number of rotatable bonds is 3. The van der Waals surface area contributed by atoms with E-state index < -0.39 is 5.92 Å². The first-order valence-corrected chi connectivity index (χ1v) is 9.71. The van der Waals surface area contributed by atoms with Gasteiger partial charge in [-0.3, -0.25) is 9.59 Å². The van der Waals surface area contributed by atoms with Gasteiger partial charge >= 0.3 is 0 Å². The van der Waals surface area contributed by atoms with E-state index in [0.717, 1.165) is 0 Å². The second-order valence-corrected chi connectivity index (χ2v) is 7.69. The zero-order chi connectivity index (χ0) is 19.8. The average molecular weight is 442 g/mol. The molecule has 6 nitrogen and oxygen atoms in total. The Morgan fingerprint density at radius 3 is 2.50 bits per heavy atom. The van der Waals surface area contributed by atoms with Gasteiger partial charge in [-0.1, -0.05) is 34.8 Å². The molecule has 0 spiro atoms. The van der Waals surface area contributed by atoms with Gasteiger partial charge in [-0.25, -0.2) is 0 Å². The minimum Gasteiger partial charge on any atom is -0.486 e. The first kappa shape index (κ1) is 19.2. The molecule has 1 N–H and O–H groups in total. The molecule has 2 heterocycles. The van der Waals surface area contributed by atoms with Crippen molar-refractivity contribution in [3.8, 4) is 11.5 Å². The molecule has 1 atom stereocenters. The molecule has 0 bridgehead atoms. The molecule has 4 rings (SSSR count). The number of carbonyl (C=O) groups is 2. The predicted octanol–water partition coefficient (Wildman–Crippen LogP) is 4.41. The number of halogens is 3. The summed E-state index contributed by atoms with van der Waals surface area (Å²) in [6.07, 6.45) is 0.0964. The molecule has 2 aromatic carbocycles. The smallest absolute Gasteiger partial charge is 0.229 e. The Labute approximate surface area is 176 Å². The van der Waals surface area contributed by atoms with Gasteiger partial charge in [0.05, 0.1) is 26.7 Å². The van der Waals surface area contributed by atoms with E-state index in [1.54, 1.807) is 23.1 Å². The minimum absolute atomic E-state index is 0.0964. The zero-order valence-electron chi connectivity index (χ0n) is 14.5. The van der Waals surface area contributed by atoms with E-state index in [1.807, 2.05) is 0 Å². The molecule has 28 heavy (non-hydrogen) atoms. The molecule has 2 amide bonds. The molecule has 146 valence electrons. The van der Waals surface area contributed by atoms with Gasteiger partial charge in [-0.15, -0.1) is 0 Å². The van der Waals surface area contributed by atoms with Gasteiger partial charge in [-0.05, 0) is 24.3 Å². The third-order valence-electron chi connectivity index (χ3n) is 4.60. The fourth-order valence-corrected chi connectivity index (χ4v) is 3.78. The predicted molar refractivity (Wildman–Crippen MR) is 108 cm³/mol. The number of fused-ring (bicyclic) bond motifs is 1. The molecule has 0 radical (unpaired) electrons. The topological polar surface area (TPSA) is 67.9 Å². The number of hydrogen-bond acceptors (Lipinski definition) is 4. The largest absolute Gasteiger partial charge is 0.486 e. The van der Waals surface area contributed by atoms with Crippen molar-refractivity contribution in [1.29, 1.82) is 0 Å². The molecule has 2 aromatic rings. The summed E-state index contributed by atoms with van der Waals surface area (Å²) in [5.74, 6) is 0.259. The SMILES string of the molecule is O=C(Nc1cc(Cl)c(Cl)cc1Cl)C1CC(=O)N(c2ccc3c(c2)OCCO3)C1. The van der Waals surface area contributed by atoms with Crippen LogP contribution in [0.4, 0.5) is 11.4 Å². The van der Waals surface area contributed by atoms with Crippen LogP contribution in [0.2, 0.25) is 15.1 Å². The first-order valence-electron chi connectivity index (χ1n) is 8.58. The van der Waals surface area contributed by atoms with Crippen LogP contribution < -0.4 is 19.7 Å². The summed E-state index contributed by atoms with van der Waals surface area (Å²) in [6, 6.07) is 8.24. The minimum atomic E-state index is -0.522. The molecule has 0 saturated carbocycles. The number of anilines is 2. The van der Waals surface area contributed by atoms with Crippen LogP contribution in [-0.4, -0.2) is 31.6 Å². The average Bonchev–Trinajstić information content (AvgIpc) is 3.07. The van der Waals surface area contributed by atoms with Crippen molar-refractivity contribution < 1.29 is 19.1 Å². The van der Waals surface area contributed by atoms with Crippen molar-refractivity contribution in [3.63, 3.8) is 0 Å². The number of benzene rings is 2. The highest BCUT2D eigenvalue weighted by Gasteiger charge is 2.36. The Hall–Kier alpha value is -2.15. The summed E-state index contributed by atoms with van der Waals surface area (Å²) >= 11 is 18.0. The normalized spacial score (nSPS) is 18.3. The Kier molecular flexibility index (Phi) is 5.27. The van der Waals surface area contributed by atoms with Crippen LogP contribution >= 0.6 is 34.8 Å². The van der Waals surface area contributed by atoms with Gasteiger partial charge in [-0.2, -0.15) is 0 Å². The Bertz CT molecular complexity index is 966. The monoisotopic (exact) mass is 440 g/mol. The summed E-state index contributed by atoms with van der Waals surface area (Å²) in [5, 5.41) is 3.58. The van der Waals surface area contributed by atoms with Crippen LogP contribution in [-0.2, 0) is 9.59 Å². The van der Waals surface area contributed by atoms with Crippen molar-refractivity contribution in [3.05, 3.63) is 45.4 Å². The van der Waals surface area contributed by atoms with Crippen LogP contribution in [0.5, 0.6) is 11.5 Å². The maximum Gasteiger partial charge on any atom is 0.229 e. The number of carbonyl (C=O) groups excluding carboxylic acids is 2. The fraction of sp³-hybridized carbons (Fsp3) is 0.263. The molecule has 0 aliphatic carbocycles. The van der Waals surface area contributed by atoms with Crippen LogP contribution in [0.15, 0.2) is 30.3 Å². The molecule has 1 fully saturated rings. The Morgan fingerprint density at radius 2 is 1.71 bits per heavy atom. The number of nitrogens with zero attached hydrogens (tertiary/aromatic N) is 1. The highest BCUT2D eigenvalue weighted by atomic mass is 35.5. The van der Waals surface area contributed by atoms with Gasteiger partial charge < -0.3 is 19.7 Å². The zero-order valence-corrected chi connectivity index (χ0v) is 16.8. The molecule has 1 unspecified atom stereocenters. The lowest BCUT2D eigenvalue weighted by Gasteiger charge is -2.22. The Balaban J connectivity index is 1.49. The van der Waals surface area contributed by atoms with Crippen LogP contribution in [0.25, 0.3) is 0 Å². The van der Waals surface area contributed by atoms with Gasteiger partial charge in [0.1, 0.15) is 13.2 Å². The lowest BCUT2D eigenvalue weighted by Crippen LogP contribution is -2.28. The molecular formula is C19H15Cl3N2O4. The molecular weight excluding hydrogens is 427 g/mol. The van der Waals surface area contributed by atoms with Crippen LogP contribution in [0.1, 0.15) is 6.42 Å². The summed E-state index contributed by atoms with van der Waals surface area (Å²) in [6.45, 7) is 1.21. The summed E-state index contributed by atoms with van der Waals surface area (Å²) < 4.78 is 11.1. The van der Waals surface area contributed by atoms with Crippen molar-refractivity contribution in [2.24, 2.45) is 5.92 Å². The molecule has 9 heteroatoms. The number of hydrogen-bond donors (Lipinski definition) is 1. The Morgan fingerprint density at radius 1 is 1.00 bits per heavy atom. The van der Waals surface area contributed by atoms with E-state index >= 15 is 0 Å². The second-order valence-electron chi connectivity index (χ2n) is 6.47. The van der Waals surface area contributed by atoms with E-state index in [0.29, 0.717) is 41.1 Å². The quantitative estimate of drug-likeness (QED) is 0.717. The lowest BCUT2D eigenvalue weighted by molar-refractivity contribution is -0.122. The number of ether oxygens (including phenoxy) is 2. The van der Waals surface area contributed by atoms with E-state index in [9.17, 15) is 9.59 Å². The van der Waals surface area contributed by atoms with E-state index in [2.05, 4.69) is 5.32 Å². The van der Waals surface area contributed by atoms with Gasteiger partial charge in [0.15, 0.2) is 11.5 Å². The van der Waals surface area contributed by atoms with Gasteiger partial charge in [0, 0.05) is 24.7 Å². The molecule has 2 aliphatic rings. The van der Waals surface area contributed by atoms with E-state index in [-0.39, 0.29) is 34.8 Å². The first-order chi connectivity index (χ1) is 13.4. The van der Waals surface area contributed by atoms with Gasteiger partial charge in [0.25, 0.3) is 0 Å². The maximum atomic E-state index is 12.6. The highest BCUT2D eigenvalue weighted by molar-refractivity contribution is 6.44. The van der Waals surface area contributed by atoms with Crippen molar-refractivity contribution >= 4 is 58.0 Å². The second kappa shape index (κ2) is 7.70. The van der Waals surface area contributed by atoms with E-state index in [1.165, 1.54) is 12.1 Å².